The molecule has 1 aromatic rings. The van der Waals surface area contributed by atoms with Gasteiger partial charge in [0.15, 0.2) is 23.3 Å². The van der Waals surface area contributed by atoms with E-state index in [4.69, 9.17) is 0 Å². The number of halogens is 10. The molecule has 0 amide bonds. The van der Waals surface area contributed by atoms with E-state index in [0.29, 0.717) is 0 Å². The van der Waals surface area contributed by atoms with Crippen molar-refractivity contribution in [1.29, 1.82) is 0 Å². The molecule has 12 heteroatoms. The van der Waals surface area contributed by atoms with Crippen molar-refractivity contribution >= 4 is 5.97 Å². The topological polar surface area (TPSA) is 26.3 Å². The zero-order valence-corrected chi connectivity index (χ0v) is 9.60. The van der Waals surface area contributed by atoms with Gasteiger partial charge < -0.3 is 4.74 Å². The van der Waals surface area contributed by atoms with Crippen molar-refractivity contribution in [2.75, 3.05) is 0 Å². The summed E-state index contributed by atoms with van der Waals surface area (Å²) in [5.41, 5.74) is -5.28. The third-order valence-corrected chi connectivity index (χ3v) is 2.79. The second-order valence-electron chi connectivity index (χ2n) is 4.06. The summed E-state index contributed by atoms with van der Waals surface area (Å²) in [6.07, 6.45) is -6.57. The first-order valence-corrected chi connectivity index (χ1v) is 5.00. The number of hydrogen-bond acceptors (Lipinski definition) is 2. The fourth-order valence-electron chi connectivity index (χ4n) is 1.76. The molecule has 1 atom stereocenters. The molecule has 1 aliphatic heterocycles. The highest BCUT2D eigenvalue weighted by molar-refractivity contribution is 5.93. The minimum atomic E-state index is -6.57. The Hall–Kier alpha value is -2.01. The van der Waals surface area contributed by atoms with E-state index >= 15 is 0 Å². The summed E-state index contributed by atoms with van der Waals surface area (Å²) in [7, 11) is 0. The van der Waals surface area contributed by atoms with Crippen LogP contribution < -0.4 is 0 Å². The molecule has 0 saturated carbocycles. The lowest BCUT2D eigenvalue weighted by molar-refractivity contribution is -0.390. The normalized spacial score (nSPS) is 24.0. The molecule has 22 heavy (non-hydrogen) atoms. The molecule has 0 spiro atoms. The standard InChI is InChI=1S/C10F10O2/c11-3-1-2(4(12)6(14)5(3)13)8(15,16)9(17,10(18,19)20)22-7(1)21. The van der Waals surface area contributed by atoms with Crippen molar-refractivity contribution in [2.45, 2.75) is 18.0 Å². The van der Waals surface area contributed by atoms with E-state index in [2.05, 4.69) is 4.74 Å². The molecule has 1 aliphatic rings. The van der Waals surface area contributed by atoms with Crippen LogP contribution in [0.1, 0.15) is 15.9 Å². The molecule has 0 aromatic heterocycles. The summed E-state index contributed by atoms with van der Waals surface area (Å²) in [6, 6.07) is 0. The molecule has 1 heterocycles. The van der Waals surface area contributed by atoms with Gasteiger partial charge >= 0.3 is 23.9 Å². The molecule has 2 nitrogen and oxygen atoms in total. The summed E-state index contributed by atoms with van der Waals surface area (Å²) >= 11 is 0. The maximum atomic E-state index is 13.6. The first-order chi connectivity index (χ1) is 9.77. The highest BCUT2D eigenvalue weighted by Gasteiger charge is 2.79. The molecule has 0 N–H and O–H groups in total. The summed E-state index contributed by atoms with van der Waals surface area (Å²) in [6.45, 7) is 0. The monoisotopic (exact) mass is 342 g/mol. The van der Waals surface area contributed by atoms with Crippen molar-refractivity contribution in [3.05, 3.63) is 34.4 Å². The largest absolute Gasteiger partial charge is 0.467 e. The average Bonchev–Trinajstić information content (AvgIpc) is 2.36. The highest BCUT2D eigenvalue weighted by atomic mass is 19.4. The van der Waals surface area contributed by atoms with Gasteiger partial charge in [-0.1, -0.05) is 0 Å². The molecule has 0 saturated heterocycles. The minimum absolute atomic E-state index is 2.36. The number of rotatable bonds is 0. The van der Waals surface area contributed by atoms with E-state index in [9.17, 15) is 48.7 Å². The highest BCUT2D eigenvalue weighted by Crippen LogP contribution is 2.56. The van der Waals surface area contributed by atoms with Crippen molar-refractivity contribution < 1.29 is 53.4 Å². The zero-order chi connectivity index (χ0) is 17.2. The van der Waals surface area contributed by atoms with E-state index in [1.807, 2.05) is 0 Å². The molecule has 1 unspecified atom stereocenters. The number of hydrogen-bond donors (Lipinski definition) is 0. The Labute approximate surface area is 113 Å². The number of cyclic esters (lactones) is 1. The lowest BCUT2D eigenvalue weighted by Gasteiger charge is -2.38. The predicted molar refractivity (Wildman–Crippen MR) is 45.5 cm³/mol. The molecule has 0 fully saturated rings. The van der Waals surface area contributed by atoms with E-state index in [1.54, 1.807) is 0 Å². The second-order valence-corrected chi connectivity index (χ2v) is 4.06. The average molecular weight is 342 g/mol. The van der Waals surface area contributed by atoms with Crippen LogP contribution in [0.15, 0.2) is 0 Å². The summed E-state index contributed by atoms with van der Waals surface area (Å²) < 4.78 is 133. The number of esters is 1. The van der Waals surface area contributed by atoms with Crippen LogP contribution in [0.3, 0.4) is 0 Å². The van der Waals surface area contributed by atoms with Crippen LogP contribution in [0, 0.1) is 23.3 Å². The van der Waals surface area contributed by atoms with Gasteiger partial charge in [0.25, 0.3) is 0 Å². The van der Waals surface area contributed by atoms with E-state index in [-0.39, 0.29) is 0 Å². The first kappa shape index (κ1) is 16.4. The molecule has 1 aromatic carbocycles. The van der Waals surface area contributed by atoms with Gasteiger partial charge in [-0.2, -0.15) is 26.3 Å². The van der Waals surface area contributed by atoms with Crippen LogP contribution in [0.5, 0.6) is 0 Å². The van der Waals surface area contributed by atoms with Crippen LogP contribution in [0.25, 0.3) is 0 Å². The quantitative estimate of drug-likeness (QED) is 0.311. The Balaban J connectivity index is 2.94. The Kier molecular flexibility index (Phi) is 3.17. The number of carbonyl (C=O) groups is 1. The molecule has 2 rings (SSSR count). The summed E-state index contributed by atoms with van der Waals surface area (Å²) in [4.78, 5) is 11.1. The maximum Gasteiger partial charge on any atom is 0.467 e. The van der Waals surface area contributed by atoms with Crippen LogP contribution in [-0.2, 0) is 10.7 Å². The van der Waals surface area contributed by atoms with Gasteiger partial charge in [0.1, 0.15) is 5.56 Å². The molecule has 0 aliphatic carbocycles. The van der Waals surface area contributed by atoms with Gasteiger partial charge in [0.05, 0.1) is 5.56 Å². The lowest BCUT2D eigenvalue weighted by atomic mass is 9.91. The lowest BCUT2D eigenvalue weighted by Crippen LogP contribution is -2.60. The zero-order valence-electron chi connectivity index (χ0n) is 9.60. The second kappa shape index (κ2) is 4.26. The maximum absolute atomic E-state index is 13.6. The van der Waals surface area contributed by atoms with Gasteiger partial charge in [-0.3, -0.25) is 0 Å². The van der Waals surface area contributed by atoms with E-state index < -0.39 is 58.3 Å². The number of alkyl halides is 6. The van der Waals surface area contributed by atoms with Crippen LogP contribution in [-0.4, -0.2) is 18.0 Å². The molecule has 122 valence electrons. The Morgan fingerprint density at radius 2 is 1.27 bits per heavy atom. The summed E-state index contributed by atoms with van der Waals surface area (Å²) in [5.74, 6) is -26.4. The summed E-state index contributed by atoms with van der Waals surface area (Å²) in [5, 5.41) is 0. The number of fused-ring (bicyclic) bond motifs is 1. The number of benzene rings is 1. The third kappa shape index (κ3) is 1.72. The van der Waals surface area contributed by atoms with Crippen molar-refractivity contribution in [1.82, 2.24) is 0 Å². The third-order valence-electron chi connectivity index (χ3n) is 2.79. The molecule has 0 radical (unpaired) electrons. The molecular weight excluding hydrogens is 342 g/mol. The molecule has 0 bridgehead atoms. The Bertz CT molecular complexity index is 680. The molecular formula is C10F10O2. The van der Waals surface area contributed by atoms with Crippen LogP contribution in [0.4, 0.5) is 43.9 Å². The minimum Gasteiger partial charge on any atom is -0.411 e. The Morgan fingerprint density at radius 3 is 1.73 bits per heavy atom. The van der Waals surface area contributed by atoms with Gasteiger partial charge in [-0.15, -0.1) is 0 Å². The smallest absolute Gasteiger partial charge is 0.411 e. The predicted octanol–water partition coefficient (Wildman–Crippen LogP) is 3.73. The Morgan fingerprint density at radius 1 is 0.818 bits per heavy atom. The van der Waals surface area contributed by atoms with Gasteiger partial charge in [0.2, 0.25) is 0 Å². The van der Waals surface area contributed by atoms with Gasteiger partial charge in [-0.25, -0.2) is 22.4 Å². The number of ether oxygens (including phenoxy) is 1. The number of carbonyl (C=O) groups excluding carboxylic acids is 1. The van der Waals surface area contributed by atoms with Crippen molar-refractivity contribution in [2.24, 2.45) is 0 Å². The van der Waals surface area contributed by atoms with Gasteiger partial charge in [0, 0.05) is 0 Å². The van der Waals surface area contributed by atoms with Gasteiger partial charge in [-0.05, 0) is 0 Å². The first-order valence-electron chi connectivity index (χ1n) is 5.00. The SMILES string of the molecule is O=C1OC(F)(C(F)(F)F)C(F)(F)c2c(F)c(F)c(F)c(F)c21. The van der Waals surface area contributed by atoms with Crippen LogP contribution in [0.2, 0.25) is 0 Å². The fourth-order valence-corrected chi connectivity index (χ4v) is 1.76. The fraction of sp³-hybridized carbons (Fsp3) is 0.300. The van der Waals surface area contributed by atoms with E-state index in [1.165, 1.54) is 0 Å². The van der Waals surface area contributed by atoms with Crippen molar-refractivity contribution in [3.8, 4) is 0 Å². The van der Waals surface area contributed by atoms with Crippen LogP contribution >= 0.6 is 0 Å². The van der Waals surface area contributed by atoms with E-state index in [0.717, 1.165) is 0 Å². The van der Waals surface area contributed by atoms with Crippen molar-refractivity contribution in [3.63, 3.8) is 0 Å².